The van der Waals surface area contributed by atoms with Crippen molar-refractivity contribution in [1.82, 2.24) is 0 Å². The summed E-state index contributed by atoms with van der Waals surface area (Å²) in [7, 11) is 0. The molecular formula is C9H8BrCl3O2. The van der Waals surface area contributed by atoms with Gasteiger partial charge in [-0.25, -0.2) is 0 Å². The molecule has 84 valence electrons. The van der Waals surface area contributed by atoms with Gasteiger partial charge in [-0.1, -0.05) is 50.7 Å². The highest BCUT2D eigenvalue weighted by molar-refractivity contribution is 9.09. The summed E-state index contributed by atoms with van der Waals surface area (Å²) in [6.45, 7) is 0. The maximum absolute atomic E-state index is 9.77. The highest BCUT2D eigenvalue weighted by atomic mass is 79.9. The number of hydrogen-bond acceptors (Lipinski definition) is 2. The van der Waals surface area contributed by atoms with Crippen LogP contribution in [0, 0.1) is 0 Å². The van der Waals surface area contributed by atoms with E-state index in [-0.39, 0.29) is 26.0 Å². The second-order valence-corrected chi connectivity index (χ2v) is 4.76. The first-order valence-electron chi connectivity index (χ1n) is 4.04. The van der Waals surface area contributed by atoms with Crippen LogP contribution in [0.25, 0.3) is 0 Å². The standard InChI is InChI=1S/C9H8BrCl3O2/c10-3-6(14)9(15)7-4(11)1-2-5(12)8(7)13/h1-2,6,9,14-15H,3H2. The third kappa shape index (κ3) is 2.99. The van der Waals surface area contributed by atoms with Crippen molar-refractivity contribution in [2.24, 2.45) is 0 Å². The van der Waals surface area contributed by atoms with Crippen molar-refractivity contribution in [3.63, 3.8) is 0 Å². The molecule has 1 rings (SSSR count). The number of halogens is 4. The largest absolute Gasteiger partial charge is 0.389 e. The Bertz CT molecular complexity index is 359. The molecule has 2 atom stereocenters. The molecule has 15 heavy (non-hydrogen) atoms. The fourth-order valence-electron chi connectivity index (χ4n) is 1.09. The average molecular weight is 334 g/mol. The molecule has 0 spiro atoms. The van der Waals surface area contributed by atoms with Crippen LogP contribution in [0.2, 0.25) is 15.1 Å². The van der Waals surface area contributed by atoms with E-state index in [1.807, 2.05) is 0 Å². The molecular weight excluding hydrogens is 326 g/mol. The van der Waals surface area contributed by atoms with Crippen molar-refractivity contribution in [3.05, 3.63) is 32.8 Å². The smallest absolute Gasteiger partial charge is 0.109 e. The number of rotatable bonds is 3. The van der Waals surface area contributed by atoms with E-state index < -0.39 is 12.2 Å². The highest BCUT2D eigenvalue weighted by Gasteiger charge is 2.23. The first-order chi connectivity index (χ1) is 6.99. The minimum absolute atomic E-state index is 0.164. The monoisotopic (exact) mass is 332 g/mol. The summed E-state index contributed by atoms with van der Waals surface area (Å²) >= 11 is 20.6. The molecule has 2 nitrogen and oxygen atoms in total. The Labute approximate surface area is 111 Å². The Morgan fingerprint density at radius 2 is 1.67 bits per heavy atom. The number of aliphatic hydroxyl groups is 2. The van der Waals surface area contributed by atoms with Gasteiger partial charge in [-0.3, -0.25) is 0 Å². The van der Waals surface area contributed by atoms with Gasteiger partial charge in [0.15, 0.2) is 0 Å². The van der Waals surface area contributed by atoms with E-state index in [1.165, 1.54) is 12.1 Å². The van der Waals surface area contributed by atoms with Gasteiger partial charge in [0.1, 0.15) is 6.10 Å². The maximum atomic E-state index is 9.77. The van der Waals surface area contributed by atoms with Gasteiger partial charge in [0.25, 0.3) is 0 Å². The van der Waals surface area contributed by atoms with Crippen molar-refractivity contribution in [2.45, 2.75) is 12.2 Å². The van der Waals surface area contributed by atoms with Crippen LogP contribution in [0.4, 0.5) is 0 Å². The predicted molar refractivity (Wildman–Crippen MR) is 66.2 cm³/mol. The summed E-state index contributed by atoms with van der Waals surface area (Å²) in [5.41, 5.74) is 0.248. The van der Waals surface area contributed by atoms with Crippen LogP contribution in [-0.4, -0.2) is 21.6 Å². The minimum Gasteiger partial charge on any atom is -0.389 e. The summed E-state index contributed by atoms with van der Waals surface area (Å²) in [5, 5.41) is 20.2. The van der Waals surface area contributed by atoms with Crippen molar-refractivity contribution in [2.75, 3.05) is 5.33 Å². The van der Waals surface area contributed by atoms with Crippen LogP contribution in [0.3, 0.4) is 0 Å². The van der Waals surface area contributed by atoms with Crippen LogP contribution in [0.15, 0.2) is 12.1 Å². The van der Waals surface area contributed by atoms with E-state index in [0.29, 0.717) is 0 Å². The van der Waals surface area contributed by atoms with Crippen molar-refractivity contribution in [1.29, 1.82) is 0 Å². The van der Waals surface area contributed by atoms with E-state index in [2.05, 4.69) is 15.9 Å². The molecule has 2 N–H and O–H groups in total. The van der Waals surface area contributed by atoms with Gasteiger partial charge in [-0.2, -0.15) is 0 Å². The Hall–Kier alpha value is 0.490. The number of benzene rings is 1. The molecule has 0 amide bonds. The zero-order valence-electron chi connectivity index (χ0n) is 7.42. The Kier molecular flexibility index (Phi) is 5.16. The van der Waals surface area contributed by atoms with Crippen molar-refractivity contribution < 1.29 is 10.2 Å². The second kappa shape index (κ2) is 5.71. The van der Waals surface area contributed by atoms with Gasteiger partial charge >= 0.3 is 0 Å². The molecule has 6 heteroatoms. The van der Waals surface area contributed by atoms with Crippen LogP contribution < -0.4 is 0 Å². The third-order valence-electron chi connectivity index (χ3n) is 1.90. The number of hydrogen-bond donors (Lipinski definition) is 2. The molecule has 1 aromatic carbocycles. The molecule has 0 aliphatic rings. The Balaban J connectivity index is 3.18. The molecule has 0 aliphatic carbocycles. The van der Waals surface area contributed by atoms with Crippen LogP contribution >= 0.6 is 50.7 Å². The second-order valence-electron chi connectivity index (χ2n) is 2.92. The summed E-state index contributed by atoms with van der Waals surface area (Å²) in [5.74, 6) is 0. The van der Waals surface area contributed by atoms with Gasteiger partial charge in [0, 0.05) is 15.9 Å². The van der Waals surface area contributed by atoms with Gasteiger partial charge in [-0.15, -0.1) is 0 Å². The highest BCUT2D eigenvalue weighted by Crippen LogP contribution is 2.36. The van der Waals surface area contributed by atoms with E-state index >= 15 is 0 Å². The summed E-state index contributed by atoms with van der Waals surface area (Å²) in [4.78, 5) is 0. The molecule has 2 unspecified atom stereocenters. The first-order valence-corrected chi connectivity index (χ1v) is 6.30. The fourth-order valence-corrected chi connectivity index (χ4v) is 2.20. The fraction of sp³-hybridized carbons (Fsp3) is 0.333. The van der Waals surface area contributed by atoms with E-state index in [1.54, 1.807) is 0 Å². The van der Waals surface area contributed by atoms with Crippen LogP contribution in [-0.2, 0) is 0 Å². The Morgan fingerprint density at radius 1 is 1.13 bits per heavy atom. The van der Waals surface area contributed by atoms with Crippen LogP contribution in [0.1, 0.15) is 11.7 Å². The third-order valence-corrected chi connectivity index (χ3v) is 3.71. The first kappa shape index (κ1) is 13.6. The SMILES string of the molecule is OC(CBr)C(O)c1c(Cl)ccc(Cl)c1Cl. The molecule has 0 saturated carbocycles. The van der Waals surface area contributed by atoms with Gasteiger partial charge < -0.3 is 10.2 Å². The van der Waals surface area contributed by atoms with Gasteiger partial charge in [0.2, 0.25) is 0 Å². The van der Waals surface area contributed by atoms with Gasteiger partial charge in [-0.05, 0) is 12.1 Å². The Morgan fingerprint density at radius 3 is 2.20 bits per heavy atom. The molecule has 0 fully saturated rings. The van der Waals surface area contributed by atoms with Crippen molar-refractivity contribution >= 4 is 50.7 Å². The molecule has 0 radical (unpaired) electrons. The topological polar surface area (TPSA) is 40.5 Å². The summed E-state index contributed by atoms with van der Waals surface area (Å²) in [6, 6.07) is 3.05. The lowest BCUT2D eigenvalue weighted by atomic mass is 10.1. The zero-order chi connectivity index (χ0) is 11.6. The van der Waals surface area contributed by atoms with Gasteiger partial charge in [0.05, 0.1) is 16.1 Å². The lowest BCUT2D eigenvalue weighted by molar-refractivity contribution is 0.0344. The normalized spacial score (nSPS) is 15.1. The van der Waals surface area contributed by atoms with Crippen molar-refractivity contribution in [3.8, 4) is 0 Å². The lowest BCUT2D eigenvalue weighted by Crippen LogP contribution is -2.20. The van der Waals surface area contributed by atoms with Crippen LogP contribution in [0.5, 0.6) is 0 Å². The number of aliphatic hydroxyl groups excluding tert-OH is 2. The summed E-state index contributed by atoms with van der Waals surface area (Å²) < 4.78 is 0. The molecule has 0 heterocycles. The van der Waals surface area contributed by atoms with E-state index in [0.717, 1.165) is 0 Å². The van der Waals surface area contributed by atoms with E-state index in [4.69, 9.17) is 34.8 Å². The van der Waals surface area contributed by atoms with E-state index in [9.17, 15) is 10.2 Å². The molecule has 0 aliphatic heterocycles. The molecule has 0 saturated heterocycles. The lowest BCUT2D eigenvalue weighted by Gasteiger charge is -2.18. The molecule has 0 bridgehead atoms. The average Bonchev–Trinajstić information content (AvgIpc) is 2.22. The molecule has 0 aromatic heterocycles. The predicted octanol–water partition coefficient (Wildman–Crippen LogP) is 3.44. The maximum Gasteiger partial charge on any atom is 0.109 e. The minimum atomic E-state index is -1.16. The summed E-state index contributed by atoms with van der Waals surface area (Å²) in [6.07, 6.45) is -2.15. The zero-order valence-corrected chi connectivity index (χ0v) is 11.3. The molecule has 1 aromatic rings. The quantitative estimate of drug-likeness (QED) is 0.657. The number of alkyl halides is 1.